The number of allylic oxidation sites excluding steroid dienone is 4. The number of rotatable bonds is 11. The highest BCUT2D eigenvalue weighted by atomic mass is 79.9. The fourth-order valence-corrected chi connectivity index (χ4v) is 28.3. The van der Waals surface area contributed by atoms with Gasteiger partial charge in [0.25, 0.3) is 0 Å². The first-order chi connectivity index (χ1) is 37.2. The van der Waals surface area contributed by atoms with Gasteiger partial charge < -0.3 is 0 Å². The first-order valence-electron chi connectivity index (χ1n) is 28.3. The van der Waals surface area contributed by atoms with Gasteiger partial charge in [0.2, 0.25) is 0 Å². The Morgan fingerprint density at radius 1 is 0.372 bits per heavy atom. The van der Waals surface area contributed by atoms with Crippen molar-refractivity contribution in [3.8, 4) is 0 Å². The van der Waals surface area contributed by atoms with Gasteiger partial charge in [-0.25, -0.2) is 0 Å². The van der Waals surface area contributed by atoms with E-state index in [2.05, 4.69) is 271 Å². The summed E-state index contributed by atoms with van der Waals surface area (Å²) in [6.07, 6.45) is 5.13. The van der Waals surface area contributed by atoms with Crippen LogP contribution in [0.3, 0.4) is 0 Å². The van der Waals surface area contributed by atoms with E-state index in [-0.39, 0.29) is 16.2 Å². The van der Waals surface area contributed by atoms with Gasteiger partial charge in [0.15, 0.2) is 0 Å². The maximum Gasteiger partial charge on any atom is 0.0107 e. The van der Waals surface area contributed by atoms with Crippen molar-refractivity contribution < 1.29 is 0 Å². The minimum absolute atomic E-state index is 0.0994. The van der Waals surface area contributed by atoms with Crippen LogP contribution in [0.1, 0.15) is 120 Å². The molecular formula is C72H78BrP3S2. The average Bonchev–Trinajstić information content (AvgIpc) is 2.55. The van der Waals surface area contributed by atoms with Crippen molar-refractivity contribution in [2.75, 3.05) is 0 Å². The Hall–Kier alpha value is -4.03. The molecule has 4 atom stereocenters. The van der Waals surface area contributed by atoms with Gasteiger partial charge in [0.1, 0.15) is 0 Å². The normalized spacial score (nSPS) is 21.9. The lowest BCUT2D eigenvalue weighted by Crippen LogP contribution is -2.31. The number of hydrogen-bond acceptors (Lipinski definition) is 2. The van der Waals surface area contributed by atoms with Crippen LogP contribution in [0, 0.1) is 88.9 Å². The molecule has 0 amide bonds. The molecule has 0 saturated heterocycles. The maximum atomic E-state index is 4.14. The van der Waals surface area contributed by atoms with E-state index >= 15 is 0 Å². The van der Waals surface area contributed by atoms with Crippen LogP contribution in [0.5, 0.6) is 0 Å². The summed E-state index contributed by atoms with van der Waals surface area (Å²) >= 11 is 8.16. The van der Waals surface area contributed by atoms with Crippen LogP contribution in [0.25, 0.3) is 11.1 Å². The Morgan fingerprint density at radius 2 is 0.692 bits per heavy atom. The SMILES string of the molecule is Cc1cccc(C)c1P(C1=C(c2c(C)sc(C)c2P(c2ccccc2)c2ccccc2)C2(C)CCC1C2(C)C)c1c(C)cccc1C.Cc1sc(C)c(P(c2ccccc2)c2ccccc2)c1C1=C(Br)C2CCC1(C)C2(C)C. The van der Waals surface area contributed by atoms with Crippen molar-refractivity contribution in [3.05, 3.63) is 220 Å². The molecule has 2 aromatic heterocycles. The molecule has 0 spiro atoms. The lowest BCUT2D eigenvalue weighted by atomic mass is 9.66. The molecule has 2 fully saturated rings. The van der Waals surface area contributed by atoms with Gasteiger partial charge in [-0.3, -0.25) is 0 Å². The van der Waals surface area contributed by atoms with E-state index in [1.54, 1.807) is 48.8 Å². The van der Waals surface area contributed by atoms with Gasteiger partial charge >= 0.3 is 0 Å². The van der Waals surface area contributed by atoms with Gasteiger partial charge in [-0.2, -0.15) is 0 Å². The molecule has 0 nitrogen and oxygen atoms in total. The predicted octanol–water partition coefficient (Wildman–Crippen LogP) is 18.3. The summed E-state index contributed by atoms with van der Waals surface area (Å²) in [4.78, 5) is 5.93. The van der Waals surface area contributed by atoms with Crippen molar-refractivity contribution in [2.24, 2.45) is 33.5 Å². The summed E-state index contributed by atoms with van der Waals surface area (Å²) in [5.41, 5.74) is 13.0. The first-order valence-corrected chi connectivity index (χ1v) is 34.8. The maximum absolute atomic E-state index is 4.14. The van der Waals surface area contributed by atoms with Gasteiger partial charge in [-0.1, -0.05) is 215 Å². The quantitative estimate of drug-likeness (QED) is 0.113. The zero-order valence-electron chi connectivity index (χ0n) is 48.5. The van der Waals surface area contributed by atoms with E-state index in [1.165, 1.54) is 93.1 Å². The molecule has 2 heterocycles. The van der Waals surface area contributed by atoms with Crippen molar-refractivity contribution in [1.29, 1.82) is 0 Å². The van der Waals surface area contributed by atoms with Gasteiger partial charge in [-0.15, -0.1) is 22.7 Å². The monoisotopic (exact) mass is 1180 g/mol. The minimum atomic E-state index is -0.755. The summed E-state index contributed by atoms with van der Waals surface area (Å²) in [6.45, 7) is 34.3. The number of thiophene rings is 2. The van der Waals surface area contributed by atoms with E-state index in [4.69, 9.17) is 0 Å². The van der Waals surface area contributed by atoms with E-state index < -0.39 is 23.8 Å². The number of halogens is 1. The zero-order chi connectivity index (χ0) is 55.2. The molecule has 4 bridgehead atoms. The third-order valence-corrected chi connectivity index (χ3v) is 31.6. The molecule has 400 valence electrons. The average molecular weight is 1180 g/mol. The molecule has 12 rings (SSSR count). The minimum Gasteiger partial charge on any atom is -0.145 e. The largest absolute Gasteiger partial charge is 0.145 e. The Bertz CT molecular complexity index is 3450. The second kappa shape index (κ2) is 21.4. The molecule has 0 aliphatic heterocycles. The molecule has 4 unspecified atom stereocenters. The fourth-order valence-electron chi connectivity index (χ4n) is 15.0. The summed E-state index contributed by atoms with van der Waals surface area (Å²) in [7, 11) is -2.10. The summed E-state index contributed by atoms with van der Waals surface area (Å²) in [5, 5.41) is 13.9. The lowest BCUT2D eigenvalue weighted by Gasteiger charge is -2.38. The summed E-state index contributed by atoms with van der Waals surface area (Å²) < 4.78 is 1.48. The highest BCUT2D eigenvalue weighted by Gasteiger charge is 2.63. The molecule has 8 aromatic rings. The molecule has 78 heavy (non-hydrogen) atoms. The van der Waals surface area contributed by atoms with E-state index in [0.717, 1.165) is 0 Å². The van der Waals surface area contributed by atoms with Crippen LogP contribution in [0.15, 0.2) is 168 Å². The van der Waals surface area contributed by atoms with Crippen molar-refractivity contribution >= 4 is 116 Å². The van der Waals surface area contributed by atoms with Gasteiger partial charge in [0, 0.05) is 45.7 Å². The van der Waals surface area contributed by atoms with Crippen LogP contribution in [0.2, 0.25) is 0 Å². The third kappa shape index (κ3) is 8.89. The second-order valence-corrected chi connectivity index (χ2v) is 34.5. The molecular weight excluding hydrogens is 1100 g/mol. The molecule has 6 heteroatoms. The van der Waals surface area contributed by atoms with Crippen LogP contribution < -0.4 is 42.4 Å². The van der Waals surface area contributed by atoms with Gasteiger partial charge in [0.05, 0.1) is 0 Å². The predicted molar refractivity (Wildman–Crippen MR) is 355 cm³/mol. The number of aryl methyl sites for hydroxylation is 8. The molecule has 2 saturated carbocycles. The molecule has 4 aliphatic carbocycles. The zero-order valence-corrected chi connectivity index (χ0v) is 54.4. The fraction of sp³-hybridized carbons (Fsp3) is 0.333. The summed E-state index contributed by atoms with van der Waals surface area (Å²) in [5.74, 6) is 1.19. The van der Waals surface area contributed by atoms with Crippen molar-refractivity contribution in [2.45, 2.75) is 123 Å². The van der Waals surface area contributed by atoms with Crippen LogP contribution in [0.4, 0.5) is 0 Å². The standard InChI is InChI=1S/C44H48P2S.C28H30BrPS/c1-28-18-16-19-29(2)39(28)46(40-30(3)20-17-21-31(40)4)42-36-26-27-44(9,43(36,7)8)38(42)37-32(5)47-33(6)41(37)45(34-22-12-10-13-23-34)35-24-14-11-15-25-35;1-18-23(24-25(29)22-16-17-28(24,5)27(22,3)4)26(19(2)31-18)30(20-12-8-6-9-13-20)21-14-10-7-11-15-21/h10-25,36H,26-27H2,1-9H3;6-15,22H,16-17H2,1-5H3. The molecule has 0 N–H and O–H groups in total. The van der Waals surface area contributed by atoms with Crippen LogP contribution >= 0.6 is 62.4 Å². The van der Waals surface area contributed by atoms with E-state index in [9.17, 15) is 0 Å². The molecule has 6 aromatic carbocycles. The summed E-state index contributed by atoms with van der Waals surface area (Å²) in [6, 6.07) is 59.0. The number of fused-ring (bicyclic) bond motifs is 4. The number of hydrogen-bond donors (Lipinski definition) is 0. The Morgan fingerprint density at radius 3 is 1.04 bits per heavy atom. The Balaban J connectivity index is 0.000000180. The smallest absolute Gasteiger partial charge is 0.0107 e. The third-order valence-electron chi connectivity index (χ3n) is 19.7. The van der Waals surface area contributed by atoms with Crippen molar-refractivity contribution in [1.82, 2.24) is 0 Å². The first kappa shape index (κ1) is 55.9. The lowest BCUT2D eigenvalue weighted by molar-refractivity contribution is 0.189. The van der Waals surface area contributed by atoms with Crippen molar-refractivity contribution in [3.63, 3.8) is 0 Å². The number of benzene rings is 6. The molecule has 0 radical (unpaired) electrons. The Kier molecular flexibility index (Phi) is 15.3. The van der Waals surface area contributed by atoms with E-state index in [0.29, 0.717) is 17.3 Å². The van der Waals surface area contributed by atoms with Crippen LogP contribution in [-0.2, 0) is 0 Å². The highest BCUT2D eigenvalue weighted by molar-refractivity contribution is 9.11. The second-order valence-electron chi connectivity index (χ2n) is 24.5. The highest BCUT2D eigenvalue weighted by Crippen LogP contribution is 2.77. The van der Waals surface area contributed by atoms with Crippen LogP contribution in [-0.4, -0.2) is 0 Å². The van der Waals surface area contributed by atoms with E-state index in [1.807, 2.05) is 22.7 Å². The molecule has 4 aliphatic rings. The Labute approximate surface area is 488 Å². The topological polar surface area (TPSA) is 0 Å². The van der Waals surface area contributed by atoms with Gasteiger partial charge in [-0.05, 0) is 209 Å².